The van der Waals surface area contributed by atoms with Crippen LogP contribution in [0.4, 0.5) is 4.39 Å². The monoisotopic (exact) mass is 232 g/mol. The second-order valence-electron chi connectivity index (χ2n) is 2.69. The Balaban J connectivity index is 2.85. The van der Waals surface area contributed by atoms with Crippen LogP contribution in [0.1, 0.15) is 10.4 Å². The van der Waals surface area contributed by atoms with E-state index in [0.29, 0.717) is 0 Å². The highest BCUT2D eigenvalue weighted by molar-refractivity contribution is 6.68. The Morgan fingerprint density at radius 2 is 2.14 bits per heavy atom. The average Bonchev–Trinajstić information content (AvgIpc) is 2.47. The molecule has 0 bridgehead atoms. The summed E-state index contributed by atoms with van der Waals surface area (Å²) in [7, 11) is 0. The molecule has 0 saturated heterocycles. The topological polar surface area (TPSA) is 30.2 Å². The number of halogens is 3. The van der Waals surface area contributed by atoms with Crippen molar-refractivity contribution in [3.63, 3.8) is 0 Å². The third-order valence-corrected chi connectivity index (χ3v) is 2.23. The summed E-state index contributed by atoms with van der Waals surface area (Å²) in [6, 6.07) is 2.54. The third-order valence-electron chi connectivity index (χ3n) is 1.80. The fraction of sp³-hybridized carbons (Fsp3) is 0. The standard InChI is InChI=1S/C9H3Cl2FO2/c10-4-1-5-6(9(11)13)3-14-8(5)7(12)2-4/h1-3H. The summed E-state index contributed by atoms with van der Waals surface area (Å²) in [5.74, 6) is -0.614. The summed E-state index contributed by atoms with van der Waals surface area (Å²) >= 11 is 10.9. The van der Waals surface area contributed by atoms with Gasteiger partial charge >= 0.3 is 0 Å². The van der Waals surface area contributed by atoms with Crippen LogP contribution in [0.5, 0.6) is 0 Å². The Hall–Kier alpha value is -1.06. The van der Waals surface area contributed by atoms with Crippen LogP contribution >= 0.6 is 23.2 Å². The zero-order valence-electron chi connectivity index (χ0n) is 6.68. The van der Waals surface area contributed by atoms with Crippen molar-refractivity contribution in [2.24, 2.45) is 0 Å². The first-order chi connectivity index (χ1) is 6.59. The first kappa shape index (κ1) is 9.49. The zero-order valence-corrected chi connectivity index (χ0v) is 8.19. The lowest BCUT2D eigenvalue weighted by atomic mass is 10.2. The highest BCUT2D eigenvalue weighted by atomic mass is 35.5. The summed E-state index contributed by atoms with van der Waals surface area (Å²) < 4.78 is 18.0. The zero-order chi connectivity index (χ0) is 10.3. The maximum atomic E-state index is 13.2. The molecule has 1 heterocycles. The molecule has 1 aromatic carbocycles. The Labute approximate surface area is 88.2 Å². The maximum Gasteiger partial charge on any atom is 0.256 e. The van der Waals surface area contributed by atoms with E-state index in [9.17, 15) is 9.18 Å². The molecule has 0 unspecified atom stereocenters. The van der Waals surface area contributed by atoms with Crippen LogP contribution in [0.25, 0.3) is 11.0 Å². The van der Waals surface area contributed by atoms with E-state index >= 15 is 0 Å². The van der Waals surface area contributed by atoms with Gasteiger partial charge in [0.15, 0.2) is 11.4 Å². The smallest absolute Gasteiger partial charge is 0.256 e. The fourth-order valence-corrected chi connectivity index (χ4v) is 1.56. The Morgan fingerprint density at radius 3 is 2.79 bits per heavy atom. The lowest BCUT2D eigenvalue weighted by Gasteiger charge is -1.93. The number of hydrogen-bond donors (Lipinski definition) is 0. The van der Waals surface area contributed by atoms with Gasteiger partial charge in [0.05, 0.1) is 5.56 Å². The Morgan fingerprint density at radius 1 is 1.43 bits per heavy atom. The van der Waals surface area contributed by atoms with Crippen LogP contribution in [0.15, 0.2) is 22.8 Å². The van der Waals surface area contributed by atoms with E-state index in [4.69, 9.17) is 27.6 Å². The van der Waals surface area contributed by atoms with E-state index in [1.807, 2.05) is 0 Å². The lowest BCUT2D eigenvalue weighted by Crippen LogP contribution is -1.85. The van der Waals surface area contributed by atoms with E-state index in [1.165, 1.54) is 6.07 Å². The summed E-state index contributed by atoms with van der Waals surface area (Å²) in [4.78, 5) is 10.9. The molecule has 14 heavy (non-hydrogen) atoms. The van der Waals surface area contributed by atoms with Gasteiger partial charge in [0.2, 0.25) is 0 Å². The van der Waals surface area contributed by atoms with Gasteiger partial charge in [0.1, 0.15) is 6.26 Å². The number of benzene rings is 1. The van der Waals surface area contributed by atoms with Crippen LogP contribution < -0.4 is 0 Å². The third kappa shape index (κ3) is 1.38. The van der Waals surface area contributed by atoms with Gasteiger partial charge in [-0.2, -0.15) is 0 Å². The van der Waals surface area contributed by atoms with E-state index in [0.717, 1.165) is 12.3 Å². The molecule has 1 aromatic heterocycles. The molecule has 2 nitrogen and oxygen atoms in total. The van der Waals surface area contributed by atoms with Crippen LogP contribution in [0, 0.1) is 5.82 Å². The molecule has 5 heteroatoms. The average molecular weight is 233 g/mol. The molecule has 0 aliphatic rings. The molecule has 0 N–H and O–H groups in total. The molecule has 0 fully saturated rings. The summed E-state index contributed by atoms with van der Waals surface area (Å²) in [6.07, 6.45) is 1.11. The van der Waals surface area contributed by atoms with Gasteiger partial charge in [-0.25, -0.2) is 4.39 Å². The molecule has 2 rings (SSSR count). The van der Waals surface area contributed by atoms with Gasteiger partial charge in [-0.3, -0.25) is 4.79 Å². The molecule has 72 valence electrons. The summed E-state index contributed by atoms with van der Waals surface area (Å²) in [6.45, 7) is 0. The molecular weight excluding hydrogens is 230 g/mol. The van der Waals surface area contributed by atoms with Gasteiger partial charge in [-0.05, 0) is 23.7 Å². The largest absolute Gasteiger partial charge is 0.460 e. The molecule has 0 aliphatic carbocycles. The minimum absolute atomic E-state index is 0.0154. The minimum atomic E-state index is -0.703. The summed E-state index contributed by atoms with van der Waals surface area (Å²) in [5, 5.41) is -0.226. The quantitative estimate of drug-likeness (QED) is 0.704. The summed E-state index contributed by atoms with van der Waals surface area (Å²) in [5.41, 5.74) is 0.0986. The number of carbonyl (C=O) groups is 1. The first-order valence-electron chi connectivity index (χ1n) is 3.65. The van der Waals surface area contributed by atoms with E-state index in [2.05, 4.69) is 0 Å². The van der Waals surface area contributed by atoms with Gasteiger partial charge in [0, 0.05) is 10.4 Å². The Bertz CT molecular complexity index is 519. The van der Waals surface area contributed by atoms with Crippen LogP contribution in [0.2, 0.25) is 5.02 Å². The molecular formula is C9H3Cl2FO2. The molecule has 0 radical (unpaired) electrons. The number of fused-ring (bicyclic) bond motifs is 1. The van der Waals surface area contributed by atoms with Crippen molar-refractivity contribution in [3.05, 3.63) is 34.8 Å². The number of carbonyl (C=O) groups excluding carboxylic acids is 1. The van der Waals surface area contributed by atoms with Gasteiger partial charge in [-0.15, -0.1) is 0 Å². The van der Waals surface area contributed by atoms with E-state index in [1.54, 1.807) is 0 Å². The molecule has 0 amide bonds. The highest BCUT2D eigenvalue weighted by Crippen LogP contribution is 2.28. The number of furan rings is 1. The van der Waals surface area contributed by atoms with Crippen molar-refractivity contribution >= 4 is 39.4 Å². The molecule has 0 aliphatic heterocycles. The predicted octanol–water partition coefficient (Wildman–Crippen LogP) is 3.60. The predicted molar refractivity (Wildman–Crippen MR) is 51.4 cm³/mol. The Kier molecular flexibility index (Phi) is 2.21. The molecule has 2 aromatic rings. The molecule has 0 saturated carbocycles. The number of hydrogen-bond acceptors (Lipinski definition) is 2. The van der Waals surface area contributed by atoms with Crippen LogP contribution in [-0.2, 0) is 0 Å². The van der Waals surface area contributed by atoms with Crippen molar-refractivity contribution in [1.82, 2.24) is 0 Å². The molecule has 0 spiro atoms. The van der Waals surface area contributed by atoms with Gasteiger partial charge in [0.25, 0.3) is 5.24 Å². The van der Waals surface area contributed by atoms with Gasteiger partial charge < -0.3 is 4.42 Å². The van der Waals surface area contributed by atoms with E-state index < -0.39 is 11.1 Å². The maximum absolute atomic E-state index is 13.2. The van der Waals surface area contributed by atoms with E-state index in [-0.39, 0.29) is 21.6 Å². The second-order valence-corrected chi connectivity index (χ2v) is 3.47. The minimum Gasteiger partial charge on any atom is -0.460 e. The van der Waals surface area contributed by atoms with Crippen LogP contribution in [-0.4, -0.2) is 5.24 Å². The van der Waals surface area contributed by atoms with Crippen molar-refractivity contribution < 1.29 is 13.6 Å². The molecule has 0 atom stereocenters. The first-order valence-corrected chi connectivity index (χ1v) is 4.41. The number of rotatable bonds is 1. The van der Waals surface area contributed by atoms with Crippen molar-refractivity contribution in [2.45, 2.75) is 0 Å². The van der Waals surface area contributed by atoms with Gasteiger partial charge in [-0.1, -0.05) is 11.6 Å². The lowest BCUT2D eigenvalue weighted by molar-refractivity contribution is 0.108. The van der Waals surface area contributed by atoms with Crippen molar-refractivity contribution in [2.75, 3.05) is 0 Å². The van der Waals surface area contributed by atoms with Crippen LogP contribution in [0.3, 0.4) is 0 Å². The normalized spacial score (nSPS) is 10.8. The highest BCUT2D eigenvalue weighted by Gasteiger charge is 2.15. The van der Waals surface area contributed by atoms with Crippen molar-refractivity contribution in [1.29, 1.82) is 0 Å². The second kappa shape index (κ2) is 3.26. The fourth-order valence-electron chi connectivity index (χ4n) is 1.21. The SMILES string of the molecule is O=C(Cl)c1coc2c(F)cc(Cl)cc12. The van der Waals surface area contributed by atoms with Crippen molar-refractivity contribution in [3.8, 4) is 0 Å².